The predicted molar refractivity (Wildman–Crippen MR) is 74.2 cm³/mol. The van der Waals surface area contributed by atoms with Crippen LogP contribution in [0, 0.1) is 11.7 Å². The Hall–Kier alpha value is -0.890. The fraction of sp³-hybridized carbons (Fsp3) is 0.625. The van der Waals surface area contributed by atoms with Gasteiger partial charge in [0.15, 0.2) is 0 Å². The van der Waals surface area contributed by atoms with E-state index in [9.17, 15) is 4.39 Å². The lowest BCUT2D eigenvalue weighted by Gasteiger charge is -2.46. The molecule has 2 rings (SSSR count). The topological polar surface area (TPSA) is 12.0 Å². The lowest BCUT2D eigenvalue weighted by Crippen LogP contribution is -2.48. The lowest BCUT2D eigenvalue weighted by atomic mass is 9.62. The van der Waals surface area contributed by atoms with E-state index in [1.54, 1.807) is 12.1 Å². The van der Waals surface area contributed by atoms with Crippen molar-refractivity contribution >= 4 is 0 Å². The maximum Gasteiger partial charge on any atom is 0.123 e. The van der Waals surface area contributed by atoms with Crippen LogP contribution in [0.15, 0.2) is 24.3 Å². The van der Waals surface area contributed by atoms with Gasteiger partial charge in [0.25, 0.3) is 0 Å². The molecule has 0 amide bonds. The van der Waals surface area contributed by atoms with Gasteiger partial charge in [-0.05, 0) is 54.8 Å². The standard InChI is InChI=1S/C16H24FN/c1-4-9-18-15-10-13(11-15)16(2,3)12-5-7-14(17)8-6-12/h5-8,13,15,18H,4,9-11H2,1-3H3. The normalized spacial score (nSPS) is 23.8. The smallest absolute Gasteiger partial charge is 0.123 e. The molecule has 100 valence electrons. The van der Waals surface area contributed by atoms with E-state index < -0.39 is 0 Å². The molecule has 1 aliphatic rings. The van der Waals surface area contributed by atoms with Crippen LogP contribution < -0.4 is 5.32 Å². The summed E-state index contributed by atoms with van der Waals surface area (Å²) in [7, 11) is 0. The third kappa shape index (κ3) is 2.74. The van der Waals surface area contributed by atoms with Crippen LogP contribution in [0.1, 0.15) is 45.6 Å². The predicted octanol–water partition coefficient (Wildman–Crippen LogP) is 3.88. The first-order valence-corrected chi connectivity index (χ1v) is 7.03. The highest BCUT2D eigenvalue weighted by Gasteiger charge is 2.40. The first kappa shape index (κ1) is 13.5. The van der Waals surface area contributed by atoms with Crippen LogP contribution >= 0.6 is 0 Å². The van der Waals surface area contributed by atoms with Crippen LogP contribution in [0.3, 0.4) is 0 Å². The molecule has 1 aliphatic carbocycles. The van der Waals surface area contributed by atoms with Gasteiger partial charge in [-0.1, -0.05) is 32.9 Å². The van der Waals surface area contributed by atoms with Gasteiger partial charge in [-0.15, -0.1) is 0 Å². The second-order valence-corrected chi connectivity index (χ2v) is 6.05. The minimum Gasteiger partial charge on any atom is -0.314 e. The quantitative estimate of drug-likeness (QED) is 0.835. The molecule has 1 N–H and O–H groups in total. The Kier molecular flexibility index (Phi) is 4.06. The van der Waals surface area contributed by atoms with Crippen LogP contribution in [0.5, 0.6) is 0 Å². The molecule has 1 aromatic rings. The average molecular weight is 249 g/mol. The van der Waals surface area contributed by atoms with E-state index in [0.717, 1.165) is 6.54 Å². The van der Waals surface area contributed by atoms with Crippen LogP contribution in [0.2, 0.25) is 0 Å². The van der Waals surface area contributed by atoms with Gasteiger partial charge in [-0.3, -0.25) is 0 Å². The van der Waals surface area contributed by atoms with Gasteiger partial charge < -0.3 is 5.32 Å². The highest BCUT2D eigenvalue weighted by molar-refractivity contribution is 5.26. The molecule has 18 heavy (non-hydrogen) atoms. The van der Waals surface area contributed by atoms with Gasteiger partial charge in [0.1, 0.15) is 5.82 Å². The zero-order valence-electron chi connectivity index (χ0n) is 11.7. The van der Waals surface area contributed by atoms with Crippen molar-refractivity contribution in [2.45, 2.75) is 51.5 Å². The second kappa shape index (κ2) is 5.40. The Morgan fingerprint density at radius 3 is 2.39 bits per heavy atom. The van der Waals surface area contributed by atoms with Crippen molar-refractivity contribution in [1.29, 1.82) is 0 Å². The first-order chi connectivity index (χ1) is 8.54. The molecule has 1 nitrogen and oxygen atoms in total. The van der Waals surface area contributed by atoms with Crippen molar-refractivity contribution in [3.8, 4) is 0 Å². The molecule has 0 heterocycles. The summed E-state index contributed by atoms with van der Waals surface area (Å²) in [5.41, 5.74) is 1.40. The summed E-state index contributed by atoms with van der Waals surface area (Å²) in [5.74, 6) is 0.558. The highest BCUT2D eigenvalue weighted by atomic mass is 19.1. The summed E-state index contributed by atoms with van der Waals surface area (Å²) < 4.78 is 13.0. The maximum atomic E-state index is 13.0. The molecule has 0 aliphatic heterocycles. The van der Waals surface area contributed by atoms with Crippen molar-refractivity contribution in [3.05, 3.63) is 35.6 Å². The number of benzene rings is 1. The molecule has 2 heteroatoms. The van der Waals surface area contributed by atoms with Crippen molar-refractivity contribution < 1.29 is 4.39 Å². The minimum absolute atomic E-state index is 0.148. The number of hydrogen-bond donors (Lipinski definition) is 1. The van der Waals surface area contributed by atoms with Crippen LogP contribution in [0.25, 0.3) is 0 Å². The Morgan fingerprint density at radius 2 is 1.83 bits per heavy atom. The minimum atomic E-state index is -0.148. The summed E-state index contributed by atoms with van der Waals surface area (Å²) in [6, 6.07) is 7.70. The molecule has 0 bridgehead atoms. The Labute approximate surface area is 110 Å². The monoisotopic (exact) mass is 249 g/mol. The van der Waals surface area contributed by atoms with E-state index in [2.05, 4.69) is 26.1 Å². The molecule has 1 aromatic carbocycles. The SMILES string of the molecule is CCCNC1CC(C(C)(C)c2ccc(F)cc2)C1. The average Bonchev–Trinajstić information content (AvgIpc) is 2.27. The molecule has 1 saturated carbocycles. The van der Waals surface area contributed by atoms with E-state index in [4.69, 9.17) is 0 Å². The number of nitrogens with one attached hydrogen (secondary N) is 1. The largest absolute Gasteiger partial charge is 0.314 e. The first-order valence-electron chi connectivity index (χ1n) is 7.03. The molecule has 0 unspecified atom stereocenters. The van der Waals surface area contributed by atoms with E-state index in [1.165, 1.54) is 24.8 Å². The van der Waals surface area contributed by atoms with E-state index in [1.807, 2.05) is 12.1 Å². The highest BCUT2D eigenvalue weighted by Crippen LogP contribution is 2.43. The van der Waals surface area contributed by atoms with Crippen LogP contribution in [0.4, 0.5) is 4.39 Å². The molecule has 0 saturated heterocycles. The Morgan fingerprint density at radius 1 is 1.22 bits per heavy atom. The Bertz CT molecular complexity index is 377. The van der Waals surface area contributed by atoms with E-state index >= 15 is 0 Å². The summed E-state index contributed by atoms with van der Waals surface area (Å²) in [4.78, 5) is 0. The van der Waals surface area contributed by atoms with E-state index in [0.29, 0.717) is 12.0 Å². The third-order valence-electron chi connectivity index (χ3n) is 4.43. The second-order valence-electron chi connectivity index (χ2n) is 6.05. The van der Waals surface area contributed by atoms with Gasteiger partial charge in [0, 0.05) is 6.04 Å². The molecule has 0 atom stereocenters. The number of rotatable bonds is 5. The van der Waals surface area contributed by atoms with Gasteiger partial charge in [0.05, 0.1) is 0 Å². The van der Waals surface area contributed by atoms with Gasteiger partial charge in [-0.2, -0.15) is 0 Å². The fourth-order valence-electron chi connectivity index (χ4n) is 2.84. The third-order valence-corrected chi connectivity index (χ3v) is 4.43. The van der Waals surface area contributed by atoms with Crippen molar-refractivity contribution in [2.75, 3.05) is 6.54 Å². The maximum absolute atomic E-state index is 13.0. The summed E-state index contributed by atoms with van der Waals surface area (Å²) in [6.07, 6.45) is 3.68. The van der Waals surface area contributed by atoms with E-state index in [-0.39, 0.29) is 11.2 Å². The van der Waals surface area contributed by atoms with Crippen molar-refractivity contribution in [3.63, 3.8) is 0 Å². The zero-order valence-corrected chi connectivity index (χ0v) is 11.7. The van der Waals surface area contributed by atoms with Gasteiger partial charge >= 0.3 is 0 Å². The Balaban J connectivity index is 1.94. The molecule has 0 spiro atoms. The molecular weight excluding hydrogens is 225 g/mol. The summed E-state index contributed by atoms with van der Waals surface area (Å²) in [6.45, 7) is 7.88. The fourth-order valence-corrected chi connectivity index (χ4v) is 2.84. The molecular formula is C16H24FN. The summed E-state index contributed by atoms with van der Waals surface area (Å²) >= 11 is 0. The number of hydrogen-bond acceptors (Lipinski definition) is 1. The molecule has 1 fully saturated rings. The van der Waals surface area contributed by atoms with Gasteiger partial charge in [0.2, 0.25) is 0 Å². The number of halogens is 1. The van der Waals surface area contributed by atoms with Crippen molar-refractivity contribution in [1.82, 2.24) is 5.32 Å². The van der Waals surface area contributed by atoms with Crippen LogP contribution in [-0.4, -0.2) is 12.6 Å². The van der Waals surface area contributed by atoms with Crippen LogP contribution in [-0.2, 0) is 5.41 Å². The lowest BCUT2D eigenvalue weighted by molar-refractivity contribution is 0.140. The summed E-state index contributed by atoms with van der Waals surface area (Å²) in [5, 5.41) is 3.57. The van der Waals surface area contributed by atoms with Gasteiger partial charge in [-0.25, -0.2) is 4.39 Å². The molecule has 0 aromatic heterocycles. The molecule has 0 radical (unpaired) electrons. The zero-order chi connectivity index (χ0) is 13.2. The van der Waals surface area contributed by atoms with Crippen molar-refractivity contribution in [2.24, 2.45) is 5.92 Å².